The highest BCUT2D eigenvalue weighted by molar-refractivity contribution is 5.25. The van der Waals surface area contributed by atoms with Crippen molar-refractivity contribution in [3.05, 3.63) is 12.2 Å². The smallest absolute Gasteiger partial charge is 0.0435 e. The van der Waals surface area contributed by atoms with Crippen molar-refractivity contribution in [2.24, 2.45) is 5.41 Å². The molecular formula is C9H15N. The van der Waals surface area contributed by atoms with E-state index in [1.807, 2.05) is 0 Å². The SMILES string of the molecule is C=C1CC(C)(C)CC2NC12. The third-order valence-corrected chi connectivity index (χ3v) is 2.60. The number of rotatable bonds is 0. The Morgan fingerprint density at radius 3 is 2.90 bits per heavy atom. The minimum atomic E-state index is 0.502. The Hall–Kier alpha value is -0.300. The van der Waals surface area contributed by atoms with Gasteiger partial charge in [-0.25, -0.2) is 0 Å². The zero-order valence-corrected chi connectivity index (χ0v) is 6.78. The van der Waals surface area contributed by atoms with E-state index in [0.29, 0.717) is 11.5 Å². The fraction of sp³-hybridized carbons (Fsp3) is 0.778. The standard InChI is InChI=1S/C9H15N/c1-6-4-9(2,3)5-7-8(6)10-7/h7-8,10H,1,4-5H2,2-3H3. The quantitative estimate of drug-likeness (QED) is 0.398. The van der Waals surface area contributed by atoms with Crippen LogP contribution < -0.4 is 5.32 Å². The van der Waals surface area contributed by atoms with Crippen LogP contribution in [0.3, 0.4) is 0 Å². The van der Waals surface area contributed by atoms with Gasteiger partial charge >= 0.3 is 0 Å². The van der Waals surface area contributed by atoms with Gasteiger partial charge in [0.2, 0.25) is 0 Å². The molecule has 1 aliphatic carbocycles. The van der Waals surface area contributed by atoms with Gasteiger partial charge < -0.3 is 5.32 Å². The molecule has 1 saturated heterocycles. The van der Waals surface area contributed by atoms with E-state index in [9.17, 15) is 0 Å². The summed E-state index contributed by atoms with van der Waals surface area (Å²) in [5.41, 5.74) is 1.92. The molecule has 0 aromatic carbocycles. The monoisotopic (exact) mass is 137 g/mol. The first-order valence-corrected chi connectivity index (χ1v) is 4.02. The van der Waals surface area contributed by atoms with Crippen molar-refractivity contribution >= 4 is 0 Å². The van der Waals surface area contributed by atoms with Crippen LogP contribution in [-0.2, 0) is 0 Å². The first-order valence-electron chi connectivity index (χ1n) is 4.02. The maximum atomic E-state index is 4.07. The Bertz CT molecular complexity index is 181. The largest absolute Gasteiger partial charge is 0.304 e. The van der Waals surface area contributed by atoms with Crippen molar-refractivity contribution in [1.82, 2.24) is 5.32 Å². The number of fused-ring (bicyclic) bond motifs is 1. The summed E-state index contributed by atoms with van der Waals surface area (Å²) < 4.78 is 0. The molecule has 2 aliphatic rings. The molecule has 1 N–H and O–H groups in total. The lowest BCUT2D eigenvalue weighted by Gasteiger charge is -2.28. The predicted molar refractivity (Wildman–Crippen MR) is 42.9 cm³/mol. The second-order valence-corrected chi connectivity index (χ2v) is 4.45. The van der Waals surface area contributed by atoms with Gasteiger partial charge in [0.05, 0.1) is 0 Å². The number of nitrogens with one attached hydrogen (secondary N) is 1. The first-order chi connectivity index (χ1) is 4.58. The van der Waals surface area contributed by atoms with Crippen molar-refractivity contribution in [3.63, 3.8) is 0 Å². The molecule has 10 heavy (non-hydrogen) atoms. The zero-order chi connectivity index (χ0) is 7.35. The molecule has 0 radical (unpaired) electrons. The molecular weight excluding hydrogens is 122 g/mol. The van der Waals surface area contributed by atoms with Gasteiger partial charge in [0.25, 0.3) is 0 Å². The summed E-state index contributed by atoms with van der Waals surface area (Å²) in [5, 5.41) is 3.44. The van der Waals surface area contributed by atoms with Gasteiger partial charge in [-0.3, -0.25) is 0 Å². The zero-order valence-electron chi connectivity index (χ0n) is 6.78. The lowest BCUT2D eigenvalue weighted by Crippen LogP contribution is -2.22. The van der Waals surface area contributed by atoms with E-state index in [0.717, 1.165) is 6.04 Å². The predicted octanol–water partition coefficient (Wildman–Crippen LogP) is 1.70. The lowest BCUT2D eigenvalue weighted by atomic mass is 9.76. The minimum absolute atomic E-state index is 0.502. The number of hydrogen-bond acceptors (Lipinski definition) is 1. The Morgan fingerprint density at radius 1 is 1.60 bits per heavy atom. The molecule has 2 atom stereocenters. The highest BCUT2D eigenvalue weighted by Gasteiger charge is 2.46. The Morgan fingerprint density at radius 2 is 2.30 bits per heavy atom. The molecule has 2 fully saturated rings. The van der Waals surface area contributed by atoms with Crippen molar-refractivity contribution < 1.29 is 0 Å². The molecule has 0 spiro atoms. The molecule has 1 saturated carbocycles. The molecule has 0 amide bonds. The Balaban J connectivity index is 2.13. The maximum Gasteiger partial charge on any atom is 0.0435 e. The van der Waals surface area contributed by atoms with E-state index < -0.39 is 0 Å². The van der Waals surface area contributed by atoms with Gasteiger partial charge in [0.15, 0.2) is 0 Å². The molecule has 1 aliphatic heterocycles. The van der Waals surface area contributed by atoms with E-state index in [1.165, 1.54) is 18.4 Å². The fourth-order valence-corrected chi connectivity index (χ4v) is 2.15. The Kier molecular flexibility index (Phi) is 1.06. The highest BCUT2D eigenvalue weighted by Crippen LogP contribution is 2.43. The molecule has 0 aromatic rings. The van der Waals surface area contributed by atoms with E-state index in [1.54, 1.807) is 0 Å². The summed E-state index contributed by atoms with van der Waals surface area (Å²) in [4.78, 5) is 0. The van der Waals surface area contributed by atoms with Gasteiger partial charge in [0, 0.05) is 12.1 Å². The van der Waals surface area contributed by atoms with E-state index in [-0.39, 0.29) is 0 Å². The van der Waals surface area contributed by atoms with Gasteiger partial charge in [-0.05, 0) is 18.3 Å². The molecule has 1 heteroatoms. The number of hydrogen-bond donors (Lipinski definition) is 1. The topological polar surface area (TPSA) is 21.9 Å². The summed E-state index contributed by atoms with van der Waals surface area (Å²) in [6, 6.07) is 1.46. The van der Waals surface area contributed by atoms with Crippen LogP contribution in [0.1, 0.15) is 26.7 Å². The summed E-state index contributed by atoms with van der Waals surface area (Å²) >= 11 is 0. The minimum Gasteiger partial charge on any atom is -0.304 e. The van der Waals surface area contributed by atoms with Crippen LogP contribution in [0.25, 0.3) is 0 Å². The third kappa shape index (κ3) is 0.891. The lowest BCUT2D eigenvalue weighted by molar-refractivity contribution is 0.310. The van der Waals surface area contributed by atoms with Crippen LogP contribution in [0.5, 0.6) is 0 Å². The first kappa shape index (κ1) is 6.41. The fourth-order valence-electron chi connectivity index (χ4n) is 2.15. The van der Waals surface area contributed by atoms with Crippen molar-refractivity contribution in [3.8, 4) is 0 Å². The average molecular weight is 137 g/mol. The van der Waals surface area contributed by atoms with Crippen molar-refractivity contribution in [2.75, 3.05) is 0 Å². The summed E-state index contributed by atoms with van der Waals surface area (Å²) in [6.07, 6.45) is 2.54. The van der Waals surface area contributed by atoms with Crippen LogP contribution in [-0.4, -0.2) is 12.1 Å². The van der Waals surface area contributed by atoms with Crippen LogP contribution in [0.15, 0.2) is 12.2 Å². The Labute approximate surface area is 62.5 Å². The van der Waals surface area contributed by atoms with Crippen molar-refractivity contribution in [1.29, 1.82) is 0 Å². The van der Waals surface area contributed by atoms with Crippen LogP contribution >= 0.6 is 0 Å². The molecule has 1 heterocycles. The van der Waals surface area contributed by atoms with Crippen LogP contribution in [0, 0.1) is 5.41 Å². The van der Waals surface area contributed by atoms with E-state index >= 15 is 0 Å². The normalized spacial score (nSPS) is 42.8. The van der Waals surface area contributed by atoms with Gasteiger partial charge in [-0.1, -0.05) is 26.0 Å². The second kappa shape index (κ2) is 1.65. The summed E-state index contributed by atoms with van der Waals surface area (Å²) in [6.45, 7) is 8.73. The van der Waals surface area contributed by atoms with E-state index in [4.69, 9.17) is 0 Å². The van der Waals surface area contributed by atoms with Gasteiger partial charge in [0.1, 0.15) is 0 Å². The molecule has 0 bridgehead atoms. The molecule has 2 rings (SSSR count). The average Bonchev–Trinajstić information content (AvgIpc) is 2.40. The molecule has 56 valence electrons. The summed E-state index contributed by atoms with van der Waals surface area (Å²) in [5.74, 6) is 0. The molecule has 0 aromatic heterocycles. The van der Waals surface area contributed by atoms with Gasteiger partial charge in [-0.2, -0.15) is 0 Å². The van der Waals surface area contributed by atoms with Crippen LogP contribution in [0.4, 0.5) is 0 Å². The van der Waals surface area contributed by atoms with E-state index in [2.05, 4.69) is 25.7 Å². The van der Waals surface area contributed by atoms with Crippen molar-refractivity contribution in [2.45, 2.75) is 38.8 Å². The molecule has 1 nitrogen and oxygen atoms in total. The van der Waals surface area contributed by atoms with Gasteiger partial charge in [-0.15, -0.1) is 0 Å². The maximum absolute atomic E-state index is 4.07. The highest BCUT2D eigenvalue weighted by atomic mass is 15.2. The third-order valence-electron chi connectivity index (χ3n) is 2.60. The van der Waals surface area contributed by atoms with Crippen LogP contribution in [0.2, 0.25) is 0 Å². The molecule has 2 unspecified atom stereocenters. The second-order valence-electron chi connectivity index (χ2n) is 4.45. The summed E-state index contributed by atoms with van der Waals surface area (Å²) in [7, 11) is 0.